The standard InChI is InChI=1S/C10H6N2O5/c11-10(14)9-4-7(13)6-3-5(12(15)16)1-2-8(6)17-9/h1-4H,(H2,11,14). The second-order valence-electron chi connectivity index (χ2n) is 3.28. The highest BCUT2D eigenvalue weighted by molar-refractivity contribution is 5.92. The summed E-state index contributed by atoms with van der Waals surface area (Å²) in [7, 11) is 0. The maximum atomic E-state index is 11.6. The first kappa shape index (κ1) is 10.8. The largest absolute Gasteiger partial charge is 0.451 e. The number of benzene rings is 1. The van der Waals surface area contributed by atoms with Gasteiger partial charge in [-0.15, -0.1) is 0 Å². The Hall–Kier alpha value is -2.70. The van der Waals surface area contributed by atoms with E-state index in [1.165, 1.54) is 12.1 Å². The topological polar surface area (TPSA) is 116 Å². The minimum atomic E-state index is -0.873. The molecule has 0 atom stereocenters. The number of nitro groups is 1. The van der Waals surface area contributed by atoms with Gasteiger partial charge in [-0.2, -0.15) is 0 Å². The fourth-order valence-electron chi connectivity index (χ4n) is 1.38. The lowest BCUT2D eigenvalue weighted by molar-refractivity contribution is -0.384. The van der Waals surface area contributed by atoms with E-state index in [0.29, 0.717) is 0 Å². The molecule has 0 saturated carbocycles. The van der Waals surface area contributed by atoms with E-state index < -0.39 is 16.3 Å². The molecule has 0 fully saturated rings. The van der Waals surface area contributed by atoms with Gasteiger partial charge in [0.2, 0.25) is 0 Å². The van der Waals surface area contributed by atoms with Crippen LogP contribution >= 0.6 is 0 Å². The van der Waals surface area contributed by atoms with Crippen molar-refractivity contribution in [3.8, 4) is 0 Å². The van der Waals surface area contributed by atoms with Crippen LogP contribution in [0.15, 0.2) is 33.5 Å². The number of carbonyl (C=O) groups excluding carboxylic acids is 1. The lowest BCUT2D eigenvalue weighted by Crippen LogP contribution is -2.14. The lowest BCUT2D eigenvalue weighted by atomic mass is 10.2. The van der Waals surface area contributed by atoms with Gasteiger partial charge in [-0.3, -0.25) is 19.7 Å². The molecule has 1 aromatic carbocycles. The van der Waals surface area contributed by atoms with Crippen molar-refractivity contribution in [2.24, 2.45) is 5.73 Å². The molecule has 17 heavy (non-hydrogen) atoms. The third-order valence-electron chi connectivity index (χ3n) is 2.16. The van der Waals surface area contributed by atoms with Crippen molar-refractivity contribution >= 4 is 22.6 Å². The SMILES string of the molecule is NC(=O)c1cc(=O)c2cc([N+](=O)[O-])ccc2o1. The Bertz CT molecular complexity index is 689. The molecule has 0 unspecified atom stereocenters. The highest BCUT2D eigenvalue weighted by Gasteiger charge is 2.12. The molecule has 1 heterocycles. The second-order valence-corrected chi connectivity index (χ2v) is 3.28. The van der Waals surface area contributed by atoms with Crippen LogP contribution in [0.4, 0.5) is 5.69 Å². The van der Waals surface area contributed by atoms with Crippen LogP contribution < -0.4 is 11.2 Å². The van der Waals surface area contributed by atoms with Gasteiger partial charge in [-0.25, -0.2) is 0 Å². The van der Waals surface area contributed by atoms with Gasteiger partial charge in [0.15, 0.2) is 11.2 Å². The normalized spacial score (nSPS) is 10.4. The van der Waals surface area contributed by atoms with E-state index in [0.717, 1.165) is 12.1 Å². The molecule has 7 heteroatoms. The number of nitrogens with two attached hydrogens (primary N) is 1. The van der Waals surface area contributed by atoms with Gasteiger partial charge in [0, 0.05) is 18.2 Å². The van der Waals surface area contributed by atoms with Crippen LogP contribution in [0.2, 0.25) is 0 Å². The number of non-ortho nitro benzene ring substituents is 1. The predicted octanol–water partition coefficient (Wildman–Crippen LogP) is 0.800. The Balaban J connectivity index is 2.77. The van der Waals surface area contributed by atoms with E-state index in [-0.39, 0.29) is 22.4 Å². The smallest absolute Gasteiger partial charge is 0.284 e. The van der Waals surface area contributed by atoms with E-state index in [9.17, 15) is 19.7 Å². The molecule has 0 aliphatic heterocycles. The Morgan fingerprint density at radius 2 is 2.06 bits per heavy atom. The number of nitrogens with zero attached hydrogens (tertiary/aromatic N) is 1. The van der Waals surface area contributed by atoms with Crippen molar-refractivity contribution in [1.29, 1.82) is 0 Å². The third-order valence-corrected chi connectivity index (χ3v) is 2.16. The molecule has 1 amide bonds. The molecular formula is C10H6N2O5. The summed E-state index contributed by atoms with van der Waals surface area (Å²) in [4.78, 5) is 32.3. The van der Waals surface area contributed by atoms with Crippen molar-refractivity contribution in [3.63, 3.8) is 0 Å². The molecule has 0 aliphatic carbocycles. The second kappa shape index (κ2) is 3.71. The molecule has 2 aromatic rings. The fraction of sp³-hybridized carbons (Fsp3) is 0. The van der Waals surface area contributed by atoms with Gasteiger partial charge >= 0.3 is 0 Å². The summed E-state index contributed by atoms with van der Waals surface area (Å²) in [5.74, 6) is -1.15. The van der Waals surface area contributed by atoms with Crippen molar-refractivity contribution in [2.45, 2.75) is 0 Å². The molecule has 2 rings (SSSR count). The molecule has 0 saturated heterocycles. The average Bonchev–Trinajstić information content (AvgIpc) is 2.28. The van der Waals surface area contributed by atoms with E-state index in [2.05, 4.69) is 0 Å². The maximum absolute atomic E-state index is 11.6. The summed E-state index contributed by atoms with van der Waals surface area (Å²) in [6.07, 6.45) is 0. The average molecular weight is 234 g/mol. The van der Waals surface area contributed by atoms with Crippen molar-refractivity contribution in [2.75, 3.05) is 0 Å². The first-order valence-corrected chi connectivity index (χ1v) is 4.51. The number of rotatable bonds is 2. The number of hydrogen-bond donors (Lipinski definition) is 1. The van der Waals surface area contributed by atoms with Crippen LogP contribution in [0.3, 0.4) is 0 Å². The summed E-state index contributed by atoms with van der Waals surface area (Å²) in [5.41, 5.74) is 4.28. The minimum Gasteiger partial charge on any atom is -0.451 e. The monoisotopic (exact) mass is 234 g/mol. The zero-order chi connectivity index (χ0) is 12.6. The highest BCUT2D eigenvalue weighted by atomic mass is 16.6. The molecule has 86 valence electrons. The fourth-order valence-corrected chi connectivity index (χ4v) is 1.38. The first-order chi connectivity index (χ1) is 7.99. The van der Waals surface area contributed by atoms with Crippen molar-refractivity contribution < 1.29 is 14.1 Å². The Morgan fingerprint density at radius 1 is 1.35 bits per heavy atom. The number of primary amides is 1. The highest BCUT2D eigenvalue weighted by Crippen LogP contribution is 2.18. The number of amides is 1. The summed E-state index contributed by atoms with van der Waals surface area (Å²) < 4.78 is 5.04. The molecule has 0 radical (unpaired) electrons. The van der Waals surface area contributed by atoms with E-state index in [4.69, 9.17) is 10.2 Å². The third kappa shape index (κ3) is 1.85. The Labute approximate surface area is 93.6 Å². The van der Waals surface area contributed by atoms with Crippen molar-refractivity contribution in [1.82, 2.24) is 0 Å². The lowest BCUT2D eigenvalue weighted by Gasteiger charge is -1.99. The van der Waals surface area contributed by atoms with E-state index in [1.54, 1.807) is 0 Å². The van der Waals surface area contributed by atoms with Gasteiger partial charge < -0.3 is 10.2 Å². The van der Waals surface area contributed by atoms with Gasteiger partial charge in [0.1, 0.15) is 5.58 Å². The molecule has 2 N–H and O–H groups in total. The Kier molecular flexibility index (Phi) is 2.36. The molecule has 7 nitrogen and oxygen atoms in total. The summed E-state index contributed by atoms with van der Waals surface area (Å²) >= 11 is 0. The van der Waals surface area contributed by atoms with Gasteiger partial charge in [-0.05, 0) is 6.07 Å². The zero-order valence-corrected chi connectivity index (χ0v) is 8.38. The predicted molar refractivity (Wildman–Crippen MR) is 57.7 cm³/mol. The molecule has 1 aromatic heterocycles. The van der Waals surface area contributed by atoms with Crippen LogP contribution in [-0.4, -0.2) is 10.8 Å². The minimum absolute atomic E-state index is 0.0317. The van der Waals surface area contributed by atoms with Crippen LogP contribution in [0.5, 0.6) is 0 Å². The van der Waals surface area contributed by atoms with Crippen LogP contribution in [-0.2, 0) is 0 Å². The summed E-state index contributed by atoms with van der Waals surface area (Å²) in [5, 5.41) is 10.6. The quantitative estimate of drug-likeness (QED) is 0.609. The van der Waals surface area contributed by atoms with Crippen LogP contribution in [0.25, 0.3) is 11.0 Å². The van der Waals surface area contributed by atoms with Crippen LogP contribution in [0, 0.1) is 10.1 Å². The number of carbonyl (C=O) groups is 1. The van der Waals surface area contributed by atoms with E-state index in [1.807, 2.05) is 0 Å². The van der Waals surface area contributed by atoms with Crippen molar-refractivity contribution in [3.05, 3.63) is 50.4 Å². The maximum Gasteiger partial charge on any atom is 0.284 e. The number of fused-ring (bicyclic) bond motifs is 1. The Morgan fingerprint density at radius 3 is 2.65 bits per heavy atom. The first-order valence-electron chi connectivity index (χ1n) is 4.51. The number of hydrogen-bond acceptors (Lipinski definition) is 5. The molecular weight excluding hydrogens is 228 g/mol. The van der Waals surface area contributed by atoms with Crippen LogP contribution in [0.1, 0.15) is 10.6 Å². The van der Waals surface area contributed by atoms with Gasteiger partial charge in [-0.1, -0.05) is 0 Å². The molecule has 0 bridgehead atoms. The summed E-state index contributed by atoms with van der Waals surface area (Å²) in [6, 6.07) is 4.43. The number of nitro benzene ring substituents is 1. The van der Waals surface area contributed by atoms with Gasteiger partial charge in [0.05, 0.1) is 10.3 Å². The summed E-state index contributed by atoms with van der Waals surface area (Å²) in [6.45, 7) is 0. The molecule has 0 aliphatic rings. The zero-order valence-electron chi connectivity index (χ0n) is 8.38. The van der Waals surface area contributed by atoms with E-state index >= 15 is 0 Å². The van der Waals surface area contributed by atoms with Gasteiger partial charge in [0.25, 0.3) is 11.6 Å². The molecule has 0 spiro atoms.